The molecule has 0 saturated heterocycles. The highest BCUT2D eigenvalue weighted by atomic mass is 16.5. The number of hydrogen-bond donors (Lipinski definition) is 0. The maximum absolute atomic E-state index is 10.9. The van der Waals surface area contributed by atoms with Crippen molar-refractivity contribution in [2.24, 2.45) is 0 Å². The van der Waals surface area contributed by atoms with Crippen molar-refractivity contribution in [2.75, 3.05) is 0 Å². The van der Waals surface area contributed by atoms with Gasteiger partial charge in [-0.25, -0.2) is 0 Å². The summed E-state index contributed by atoms with van der Waals surface area (Å²) in [4.78, 5) is 10.9. The fourth-order valence-corrected chi connectivity index (χ4v) is 1.78. The van der Waals surface area contributed by atoms with Crippen LogP contribution in [0, 0.1) is 0 Å². The molecular formula is C13H26O2. The number of ketones is 1. The van der Waals surface area contributed by atoms with Gasteiger partial charge in [-0.15, -0.1) is 0 Å². The van der Waals surface area contributed by atoms with Crippen LogP contribution in [0.2, 0.25) is 0 Å². The Morgan fingerprint density at radius 1 is 1.13 bits per heavy atom. The maximum Gasteiger partial charge on any atom is 0.132 e. The van der Waals surface area contributed by atoms with Crippen LogP contribution in [-0.2, 0) is 9.53 Å². The smallest absolute Gasteiger partial charge is 0.132 e. The summed E-state index contributed by atoms with van der Waals surface area (Å²) in [5.74, 6) is 0.209. The molecule has 0 N–H and O–H groups in total. The molecule has 0 aromatic heterocycles. The van der Waals surface area contributed by atoms with Crippen molar-refractivity contribution >= 4 is 5.78 Å². The first kappa shape index (κ1) is 14.6. The molecule has 15 heavy (non-hydrogen) atoms. The average molecular weight is 214 g/mol. The lowest BCUT2D eigenvalue weighted by molar-refractivity contribution is -0.120. The molecule has 0 fully saturated rings. The lowest BCUT2D eigenvalue weighted by atomic mass is 10.1. The second-order valence-electron chi connectivity index (χ2n) is 4.51. The van der Waals surface area contributed by atoms with E-state index in [0.717, 1.165) is 6.42 Å². The van der Waals surface area contributed by atoms with Crippen molar-refractivity contribution in [3.8, 4) is 0 Å². The van der Waals surface area contributed by atoms with E-state index in [1.54, 1.807) is 6.92 Å². The predicted octanol–water partition coefficient (Wildman–Crippen LogP) is 3.73. The Labute approximate surface area is 94.4 Å². The number of rotatable bonds is 9. The predicted molar refractivity (Wildman–Crippen MR) is 64.1 cm³/mol. The second-order valence-corrected chi connectivity index (χ2v) is 4.51. The first-order chi connectivity index (χ1) is 7.06. The Hall–Kier alpha value is -0.370. The van der Waals surface area contributed by atoms with Crippen molar-refractivity contribution in [2.45, 2.75) is 78.4 Å². The molecule has 0 aliphatic heterocycles. The molecular weight excluding hydrogens is 188 g/mol. The van der Waals surface area contributed by atoms with Crippen LogP contribution in [0.5, 0.6) is 0 Å². The number of ether oxygens (including phenoxy) is 1. The molecule has 0 heterocycles. The fourth-order valence-electron chi connectivity index (χ4n) is 1.78. The van der Waals surface area contributed by atoms with Crippen LogP contribution in [0.1, 0.15) is 66.2 Å². The minimum atomic E-state index is 0.0728. The molecule has 0 rings (SSSR count). The molecule has 0 saturated carbocycles. The van der Waals surface area contributed by atoms with Gasteiger partial charge in [-0.1, -0.05) is 32.6 Å². The summed E-state index contributed by atoms with van der Waals surface area (Å²) in [6.45, 7) is 7.91. The number of carbonyl (C=O) groups excluding carboxylic acids is 1. The molecule has 2 unspecified atom stereocenters. The molecule has 90 valence electrons. The van der Waals surface area contributed by atoms with Gasteiger partial charge in [0, 0.05) is 6.42 Å². The van der Waals surface area contributed by atoms with Crippen LogP contribution in [0.3, 0.4) is 0 Å². The van der Waals surface area contributed by atoms with Gasteiger partial charge in [-0.3, -0.25) is 4.79 Å². The standard InChI is InChI=1S/C13H26O2/c1-5-6-7-8-9-12(3)15-13(4)10-11(2)14/h12-13H,5-10H2,1-4H3. The van der Waals surface area contributed by atoms with Crippen molar-refractivity contribution in [1.82, 2.24) is 0 Å². The van der Waals surface area contributed by atoms with E-state index in [2.05, 4.69) is 13.8 Å². The zero-order valence-corrected chi connectivity index (χ0v) is 10.7. The van der Waals surface area contributed by atoms with Crippen LogP contribution in [0.15, 0.2) is 0 Å². The van der Waals surface area contributed by atoms with Crippen LogP contribution in [0.25, 0.3) is 0 Å². The summed E-state index contributed by atoms with van der Waals surface area (Å²) in [7, 11) is 0. The molecule has 0 aromatic rings. The summed E-state index contributed by atoms with van der Waals surface area (Å²) in [6, 6.07) is 0. The van der Waals surface area contributed by atoms with Crippen LogP contribution in [0.4, 0.5) is 0 Å². The summed E-state index contributed by atoms with van der Waals surface area (Å²) in [5, 5.41) is 0. The Balaban J connectivity index is 3.46. The van der Waals surface area contributed by atoms with E-state index in [4.69, 9.17) is 4.74 Å². The first-order valence-electron chi connectivity index (χ1n) is 6.21. The van der Waals surface area contributed by atoms with Gasteiger partial charge in [0.1, 0.15) is 5.78 Å². The molecule has 0 spiro atoms. The highest BCUT2D eigenvalue weighted by Crippen LogP contribution is 2.11. The van der Waals surface area contributed by atoms with Gasteiger partial charge < -0.3 is 4.74 Å². The monoisotopic (exact) mass is 214 g/mol. The molecule has 2 atom stereocenters. The largest absolute Gasteiger partial charge is 0.375 e. The summed E-state index contributed by atoms with van der Waals surface area (Å²) < 4.78 is 5.72. The van der Waals surface area contributed by atoms with Crippen LogP contribution < -0.4 is 0 Å². The number of Topliss-reactive ketones (excluding diaryl/α,β-unsaturated/α-hetero) is 1. The minimum absolute atomic E-state index is 0.0728. The molecule has 2 heteroatoms. The SMILES string of the molecule is CCCCCCC(C)OC(C)CC(C)=O. The molecule has 2 nitrogen and oxygen atoms in total. The van der Waals surface area contributed by atoms with E-state index in [9.17, 15) is 4.79 Å². The van der Waals surface area contributed by atoms with Crippen LogP contribution >= 0.6 is 0 Å². The normalized spacial score (nSPS) is 14.9. The van der Waals surface area contributed by atoms with E-state index >= 15 is 0 Å². The lowest BCUT2D eigenvalue weighted by Gasteiger charge is -2.18. The van der Waals surface area contributed by atoms with Gasteiger partial charge in [-0.2, -0.15) is 0 Å². The Kier molecular flexibility index (Phi) is 8.68. The Bertz CT molecular complexity index is 166. The zero-order valence-electron chi connectivity index (χ0n) is 10.7. The van der Waals surface area contributed by atoms with E-state index in [0.29, 0.717) is 6.42 Å². The van der Waals surface area contributed by atoms with Crippen LogP contribution in [-0.4, -0.2) is 18.0 Å². The Morgan fingerprint density at radius 2 is 1.80 bits per heavy atom. The number of hydrogen-bond acceptors (Lipinski definition) is 2. The molecule has 0 bridgehead atoms. The highest BCUT2D eigenvalue weighted by molar-refractivity contribution is 5.75. The van der Waals surface area contributed by atoms with E-state index in [-0.39, 0.29) is 18.0 Å². The number of carbonyl (C=O) groups is 1. The van der Waals surface area contributed by atoms with Gasteiger partial charge in [-0.05, 0) is 27.2 Å². The van der Waals surface area contributed by atoms with E-state index in [1.807, 2.05) is 6.92 Å². The summed E-state index contributed by atoms with van der Waals surface area (Å²) in [5.41, 5.74) is 0. The van der Waals surface area contributed by atoms with Gasteiger partial charge in [0.25, 0.3) is 0 Å². The van der Waals surface area contributed by atoms with Gasteiger partial charge in [0.05, 0.1) is 12.2 Å². The highest BCUT2D eigenvalue weighted by Gasteiger charge is 2.10. The third kappa shape index (κ3) is 9.92. The molecule has 0 aliphatic rings. The van der Waals surface area contributed by atoms with E-state index in [1.165, 1.54) is 25.7 Å². The van der Waals surface area contributed by atoms with Crippen molar-refractivity contribution < 1.29 is 9.53 Å². The Morgan fingerprint density at radius 3 is 2.33 bits per heavy atom. The molecule has 0 amide bonds. The average Bonchev–Trinajstić information content (AvgIpc) is 2.10. The first-order valence-corrected chi connectivity index (χ1v) is 6.21. The quantitative estimate of drug-likeness (QED) is 0.547. The third-order valence-electron chi connectivity index (χ3n) is 2.50. The van der Waals surface area contributed by atoms with Crippen molar-refractivity contribution in [3.63, 3.8) is 0 Å². The topological polar surface area (TPSA) is 26.3 Å². The van der Waals surface area contributed by atoms with Gasteiger partial charge >= 0.3 is 0 Å². The molecule has 0 aromatic carbocycles. The van der Waals surface area contributed by atoms with Gasteiger partial charge in [0.2, 0.25) is 0 Å². The van der Waals surface area contributed by atoms with Crippen molar-refractivity contribution in [1.29, 1.82) is 0 Å². The zero-order chi connectivity index (χ0) is 11.7. The summed E-state index contributed by atoms with van der Waals surface area (Å²) >= 11 is 0. The molecule has 0 aliphatic carbocycles. The lowest BCUT2D eigenvalue weighted by Crippen LogP contribution is -2.19. The third-order valence-corrected chi connectivity index (χ3v) is 2.50. The van der Waals surface area contributed by atoms with Crippen molar-refractivity contribution in [3.05, 3.63) is 0 Å². The number of unbranched alkanes of at least 4 members (excludes halogenated alkanes) is 3. The fraction of sp³-hybridized carbons (Fsp3) is 0.923. The van der Waals surface area contributed by atoms with E-state index < -0.39 is 0 Å². The second kappa shape index (κ2) is 8.90. The van der Waals surface area contributed by atoms with Gasteiger partial charge in [0.15, 0.2) is 0 Å². The minimum Gasteiger partial charge on any atom is -0.375 e. The molecule has 0 radical (unpaired) electrons. The summed E-state index contributed by atoms with van der Waals surface area (Å²) in [6.07, 6.45) is 7.14. The maximum atomic E-state index is 10.9.